The highest BCUT2D eigenvalue weighted by Gasteiger charge is 2.01. The van der Waals surface area contributed by atoms with Crippen molar-refractivity contribution in [3.8, 4) is 0 Å². The molecule has 2 amide bonds. The second-order valence-electron chi connectivity index (χ2n) is 2.01. The molecule has 0 saturated carbocycles. The number of ether oxygens (including phenoxy) is 2. The molecule has 0 atom stereocenters. The summed E-state index contributed by atoms with van der Waals surface area (Å²) in [5.41, 5.74) is 0. The molecule has 0 rings (SSSR count). The van der Waals surface area contributed by atoms with Crippen molar-refractivity contribution in [3.63, 3.8) is 0 Å². The summed E-state index contributed by atoms with van der Waals surface area (Å²) in [6, 6.07) is 0. The molecule has 74 valence electrons. The molecule has 0 spiro atoms. The summed E-state index contributed by atoms with van der Waals surface area (Å²) in [6.07, 6.45) is -1.08. The molecule has 6 heteroatoms. The van der Waals surface area contributed by atoms with Gasteiger partial charge in [0.15, 0.2) is 0 Å². The van der Waals surface area contributed by atoms with Gasteiger partial charge in [-0.05, 0) is 13.3 Å². The smallest absolute Gasteiger partial charge is 0.447 e. The number of carbonyl (C=O) groups is 2. The van der Waals surface area contributed by atoms with E-state index >= 15 is 0 Å². The van der Waals surface area contributed by atoms with Gasteiger partial charge in [0.05, 0.1) is 13.2 Å². The third-order valence-electron chi connectivity index (χ3n) is 0.911. The van der Waals surface area contributed by atoms with E-state index in [2.05, 4.69) is 19.7 Å². The first-order chi connectivity index (χ1) is 6.20. The third-order valence-corrected chi connectivity index (χ3v) is 0.911. The summed E-state index contributed by atoms with van der Waals surface area (Å²) in [4.78, 5) is 21.2. The Balaban J connectivity index is 3.69. The van der Waals surface area contributed by atoms with Crippen molar-refractivity contribution in [1.29, 1.82) is 0 Å². The van der Waals surface area contributed by atoms with Crippen molar-refractivity contribution >= 4 is 12.2 Å². The number of hydrogen-bond donors (Lipinski definition) is 0. The van der Waals surface area contributed by atoms with Gasteiger partial charge in [-0.1, -0.05) is 17.2 Å². The van der Waals surface area contributed by atoms with Crippen molar-refractivity contribution in [2.45, 2.75) is 20.3 Å². The Hall–Kier alpha value is -1.46. The highest BCUT2D eigenvalue weighted by molar-refractivity contribution is 5.73. The average molecular weight is 188 g/mol. The fraction of sp³-hybridized carbons (Fsp3) is 0.714. The molecule has 0 aliphatic carbocycles. The minimum Gasteiger partial charge on any atom is -0.447 e. The standard InChI is InChI=1S/C7H12N2O4/c1-3-5-13-7(11)9-8-6(10)12-4-2/h3-5H2,1-2H3. The van der Waals surface area contributed by atoms with Gasteiger partial charge in [0.25, 0.3) is 0 Å². The van der Waals surface area contributed by atoms with Gasteiger partial charge >= 0.3 is 12.2 Å². The van der Waals surface area contributed by atoms with Crippen molar-refractivity contribution in [2.24, 2.45) is 10.2 Å². The highest BCUT2D eigenvalue weighted by atomic mass is 16.6. The third kappa shape index (κ3) is 6.92. The maximum Gasteiger partial charge on any atom is 0.452 e. The zero-order valence-electron chi connectivity index (χ0n) is 7.65. The molecule has 6 nitrogen and oxygen atoms in total. The Kier molecular flexibility index (Phi) is 6.39. The first kappa shape index (κ1) is 11.5. The van der Waals surface area contributed by atoms with Gasteiger partial charge in [-0.2, -0.15) is 0 Å². The average Bonchev–Trinajstić information content (AvgIpc) is 2.12. The predicted molar refractivity (Wildman–Crippen MR) is 43.5 cm³/mol. The van der Waals surface area contributed by atoms with E-state index in [1.165, 1.54) is 0 Å². The number of nitrogens with zero attached hydrogens (tertiary/aromatic N) is 2. The Morgan fingerprint density at radius 2 is 1.62 bits per heavy atom. The summed E-state index contributed by atoms with van der Waals surface area (Å²) in [5, 5.41) is 5.93. The Morgan fingerprint density at radius 3 is 2.08 bits per heavy atom. The first-order valence-electron chi connectivity index (χ1n) is 3.96. The lowest BCUT2D eigenvalue weighted by atomic mass is 10.5. The van der Waals surface area contributed by atoms with Gasteiger partial charge < -0.3 is 9.47 Å². The quantitative estimate of drug-likeness (QED) is 0.635. The molecule has 0 aliphatic rings. The minimum atomic E-state index is -0.893. The van der Waals surface area contributed by atoms with Crippen LogP contribution < -0.4 is 0 Å². The zero-order chi connectivity index (χ0) is 10.1. The van der Waals surface area contributed by atoms with Gasteiger partial charge in [0.2, 0.25) is 0 Å². The van der Waals surface area contributed by atoms with E-state index in [0.717, 1.165) is 0 Å². The van der Waals surface area contributed by atoms with Crippen LogP contribution in [0, 0.1) is 0 Å². The van der Waals surface area contributed by atoms with Crippen LogP contribution in [0.3, 0.4) is 0 Å². The molecular formula is C7H12N2O4. The number of hydrogen-bond acceptors (Lipinski definition) is 4. The summed E-state index contributed by atoms with van der Waals surface area (Å²) < 4.78 is 8.90. The lowest BCUT2D eigenvalue weighted by Gasteiger charge is -1.95. The van der Waals surface area contributed by atoms with E-state index in [9.17, 15) is 9.59 Å². The van der Waals surface area contributed by atoms with Crippen LogP contribution in [0.5, 0.6) is 0 Å². The Labute approximate surface area is 75.9 Å². The molecule has 0 aromatic rings. The van der Waals surface area contributed by atoms with E-state index in [4.69, 9.17) is 0 Å². The Morgan fingerprint density at radius 1 is 1.08 bits per heavy atom. The topological polar surface area (TPSA) is 77.3 Å². The normalized spacial score (nSPS) is 10.0. The Bertz CT molecular complexity index is 203. The fourth-order valence-electron chi connectivity index (χ4n) is 0.452. The van der Waals surface area contributed by atoms with E-state index in [1.807, 2.05) is 6.92 Å². The van der Waals surface area contributed by atoms with Crippen molar-refractivity contribution < 1.29 is 19.1 Å². The second-order valence-corrected chi connectivity index (χ2v) is 2.01. The van der Waals surface area contributed by atoms with Crippen molar-refractivity contribution in [3.05, 3.63) is 0 Å². The molecule has 0 aromatic carbocycles. The maximum atomic E-state index is 10.6. The molecule has 0 unspecified atom stereocenters. The zero-order valence-corrected chi connectivity index (χ0v) is 7.65. The van der Waals surface area contributed by atoms with E-state index in [-0.39, 0.29) is 13.2 Å². The lowest BCUT2D eigenvalue weighted by molar-refractivity contribution is 0.148. The number of carbonyl (C=O) groups excluding carboxylic acids is 2. The molecule has 0 bridgehead atoms. The summed E-state index contributed by atoms with van der Waals surface area (Å²) in [6.45, 7) is 3.93. The molecule has 0 aromatic heterocycles. The largest absolute Gasteiger partial charge is 0.452 e. The summed E-state index contributed by atoms with van der Waals surface area (Å²) >= 11 is 0. The maximum absolute atomic E-state index is 10.6. The number of rotatable bonds is 3. The molecule has 0 radical (unpaired) electrons. The van der Waals surface area contributed by atoms with Crippen LogP contribution in [0.4, 0.5) is 9.59 Å². The van der Waals surface area contributed by atoms with Gasteiger partial charge in [-0.3, -0.25) is 0 Å². The summed E-state index contributed by atoms with van der Waals surface area (Å²) in [7, 11) is 0. The second kappa shape index (κ2) is 7.20. The van der Waals surface area contributed by atoms with E-state index < -0.39 is 12.2 Å². The molecule has 13 heavy (non-hydrogen) atoms. The predicted octanol–water partition coefficient (Wildman–Crippen LogP) is 2.14. The molecule has 0 N–H and O–H groups in total. The van der Waals surface area contributed by atoms with Crippen LogP contribution in [0.1, 0.15) is 20.3 Å². The van der Waals surface area contributed by atoms with Gasteiger partial charge in [-0.25, -0.2) is 9.59 Å². The van der Waals surface area contributed by atoms with Crippen LogP contribution in [0.15, 0.2) is 10.2 Å². The van der Waals surface area contributed by atoms with Crippen molar-refractivity contribution in [2.75, 3.05) is 13.2 Å². The lowest BCUT2D eigenvalue weighted by Crippen LogP contribution is -2.01. The fourth-order valence-corrected chi connectivity index (χ4v) is 0.452. The molecular weight excluding hydrogens is 176 g/mol. The highest BCUT2D eigenvalue weighted by Crippen LogP contribution is 1.90. The van der Waals surface area contributed by atoms with Crippen LogP contribution >= 0.6 is 0 Å². The number of amides is 2. The van der Waals surface area contributed by atoms with Gasteiger partial charge in [0, 0.05) is 0 Å². The van der Waals surface area contributed by atoms with Crippen LogP contribution in [0.25, 0.3) is 0 Å². The summed E-state index contributed by atoms with van der Waals surface area (Å²) in [5.74, 6) is 0. The van der Waals surface area contributed by atoms with Crippen LogP contribution in [0.2, 0.25) is 0 Å². The van der Waals surface area contributed by atoms with Gasteiger partial charge in [-0.15, -0.1) is 0 Å². The van der Waals surface area contributed by atoms with Crippen molar-refractivity contribution in [1.82, 2.24) is 0 Å². The molecule has 0 aliphatic heterocycles. The van der Waals surface area contributed by atoms with Crippen LogP contribution in [-0.4, -0.2) is 25.4 Å². The minimum absolute atomic E-state index is 0.196. The SMILES string of the molecule is CCCOC(=O)N=NC(=O)OCC. The van der Waals surface area contributed by atoms with E-state index in [1.54, 1.807) is 6.92 Å². The van der Waals surface area contributed by atoms with Gasteiger partial charge in [0.1, 0.15) is 0 Å². The number of azo groups is 1. The first-order valence-corrected chi connectivity index (χ1v) is 3.96. The van der Waals surface area contributed by atoms with Crippen LogP contribution in [-0.2, 0) is 9.47 Å². The molecule has 0 saturated heterocycles. The molecule has 0 heterocycles. The van der Waals surface area contributed by atoms with E-state index in [0.29, 0.717) is 6.42 Å². The monoisotopic (exact) mass is 188 g/mol. The molecule has 0 fully saturated rings.